The van der Waals surface area contributed by atoms with Gasteiger partial charge >= 0.3 is 12.1 Å². The van der Waals surface area contributed by atoms with Gasteiger partial charge in [0.25, 0.3) is 0 Å². The maximum atomic E-state index is 14.8. The van der Waals surface area contributed by atoms with Gasteiger partial charge in [0.15, 0.2) is 0 Å². The van der Waals surface area contributed by atoms with Crippen LogP contribution in [0.5, 0.6) is 0 Å². The number of alkyl carbamates (subject to hydrolysis) is 1. The quantitative estimate of drug-likeness (QED) is 0.182. The van der Waals surface area contributed by atoms with E-state index in [2.05, 4.69) is 5.32 Å². The lowest BCUT2D eigenvalue weighted by atomic mass is 10.00. The van der Waals surface area contributed by atoms with Gasteiger partial charge in [-0.1, -0.05) is 26.0 Å². The number of aromatic nitrogens is 1. The fourth-order valence-corrected chi connectivity index (χ4v) is 8.20. The number of nitrogens with one attached hydrogen (secondary N) is 1. The highest BCUT2D eigenvalue weighted by Crippen LogP contribution is 2.46. The molecular formula is C35H45F2N3O8S. The third kappa shape index (κ3) is 9.44. The summed E-state index contributed by atoms with van der Waals surface area (Å²) < 4.78 is 66.4. The molecule has 0 radical (unpaired) electrons. The Morgan fingerprint density at radius 1 is 0.980 bits per heavy atom. The third-order valence-corrected chi connectivity index (χ3v) is 10.1. The monoisotopic (exact) mass is 705 g/mol. The van der Waals surface area contributed by atoms with E-state index in [4.69, 9.17) is 9.84 Å². The summed E-state index contributed by atoms with van der Waals surface area (Å²) in [7, 11) is -4.31. The average Bonchev–Trinajstić information content (AvgIpc) is 3.59. The molecule has 1 amide bonds. The smallest absolute Gasteiger partial charge is 0.407 e. The minimum absolute atomic E-state index is 0.0210. The Morgan fingerprint density at radius 2 is 1.55 bits per heavy atom. The van der Waals surface area contributed by atoms with Crippen molar-refractivity contribution in [2.75, 3.05) is 13.1 Å². The minimum atomic E-state index is -4.31. The van der Waals surface area contributed by atoms with Crippen LogP contribution in [0.15, 0.2) is 53.4 Å². The summed E-state index contributed by atoms with van der Waals surface area (Å²) in [4.78, 5) is 23.5. The lowest BCUT2D eigenvalue weighted by molar-refractivity contribution is -0.139. The number of ether oxygens (including phenoxy) is 1. The van der Waals surface area contributed by atoms with Crippen molar-refractivity contribution in [1.29, 1.82) is 0 Å². The number of carbonyl (C=O) groups excluding carboxylic acids is 1. The molecule has 1 aliphatic rings. The number of nitrogens with zero attached hydrogens (tertiary/aromatic N) is 2. The van der Waals surface area contributed by atoms with Crippen LogP contribution in [0, 0.1) is 11.6 Å². The highest BCUT2D eigenvalue weighted by Gasteiger charge is 2.40. The summed E-state index contributed by atoms with van der Waals surface area (Å²) in [6.45, 7) is 8.93. The topological polar surface area (TPSA) is 158 Å². The molecule has 0 spiro atoms. The van der Waals surface area contributed by atoms with E-state index >= 15 is 0 Å². The second kappa shape index (κ2) is 15.4. The molecule has 49 heavy (non-hydrogen) atoms. The molecule has 14 heteroatoms. The summed E-state index contributed by atoms with van der Waals surface area (Å²) in [5.41, 5.74) is 1.16. The summed E-state index contributed by atoms with van der Waals surface area (Å²) in [5.74, 6) is -2.66. The Balaban J connectivity index is 1.88. The zero-order valence-electron chi connectivity index (χ0n) is 28.3. The van der Waals surface area contributed by atoms with Crippen molar-refractivity contribution in [1.82, 2.24) is 14.2 Å². The van der Waals surface area contributed by atoms with Crippen molar-refractivity contribution in [3.8, 4) is 22.4 Å². The zero-order chi connectivity index (χ0) is 36.3. The fraction of sp³-hybridized carbons (Fsp3) is 0.486. The van der Waals surface area contributed by atoms with E-state index < -0.39 is 69.9 Å². The van der Waals surface area contributed by atoms with Gasteiger partial charge in [-0.15, -0.1) is 0 Å². The molecule has 1 aliphatic heterocycles. The summed E-state index contributed by atoms with van der Waals surface area (Å²) in [6.07, 6.45) is -3.50. The molecule has 0 aliphatic carbocycles. The molecule has 1 aromatic heterocycles. The molecule has 4 rings (SSSR count). The van der Waals surface area contributed by atoms with E-state index in [-0.39, 0.29) is 42.9 Å². The van der Waals surface area contributed by atoms with E-state index in [1.54, 1.807) is 25.3 Å². The SMILES string of the molecule is CC(C)c1c(S(=O)(=O)N2CC[C@@H](NC(=O)OC(C)(C)C)C2)c(-c2ccc(F)cc2)c(-c2ccc(F)cc2)n1CC[C@@H](O)C[C@@H](O)CC(=O)O. The van der Waals surface area contributed by atoms with Crippen molar-refractivity contribution >= 4 is 22.1 Å². The number of benzene rings is 2. The first kappa shape index (κ1) is 38.0. The van der Waals surface area contributed by atoms with Crippen molar-refractivity contribution < 1.29 is 46.8 Å². The van der Waals surface area contributed by atoms with Gasteiger partial charge in [0.05, 0.1) is 24.3 Å². The number of carbonyl (C=O) groups is 2. The lowest BCUT2D eigenvalue weighted by Gasteiger charge is -2.23. The van der Waals surface area contributed by atoms with Gasteiger partial charge in [-0.25, -0.2) is 22.0 Å². The van der Waals surface area contributed by atoms with Crippen LogP contribution < -0.4 is 5.32 Å². The van der Waals surface area contributed by atoms with E-state index in [1.165, 1.54) is 52.8 Å². The van der Waals surface area contributed by atoms with Gasteiger partial charge in [-0.3, -0.25) is 4.79 Å². The van der Waals surface area contributed by atoms with Gasteiger partial charge in [0.1, 0.15) is 22.1 Å². The summed E-state index contributed by atoms with van der Waals surface area (Å²) >= 11 is 0. The van der Waals surface area contributed by atoms with E-state index in [0.717, 1.165) is 0 Å². The van der Waals surface area contributed by atoms with Crippen LogP contribution in [0.1, 0.15) is 71.9 Å². The first-order valence-corrected chi connectivity index (χ1v) is 17.7. The van der Waals surface area contributed by atoms with Gasteiger partial charge < -0.3 is 29.9 Å². The van der Waals surface area contributed by atoms with Crippen molar-refractivity contribution in [3.05, 3.63) is 65.9 Å². The number of hydrogen-bond donors (Lipinski definition) is 4. The maximum absolute atomic E-state index is 14.8. The summed E-state index contributed by atoms with van der Waals surface area (Å²) in [5, 5.41) is 32.7. The van der Waals surface area contributed by atoms with Gasteiger partial charge in [-0.05, 0) is 93.5 Å². The molecule has 3 aromatic rings. The molecule has 2 aromatic carbocycles. The maximum Gasteiger partial charge on any atom is 0.407 e. The average molecular weight is 706 g/mol. The Hall–Kier alpha value is -3.85. The number of amides is 1. The molecule has 1 saturated heterocycles. The molecule has 268 valence electrons. The standard InChI is InChI=1S/C35H45F2N3O8S/c1-21(2)31-33(49(46,47)39-16-14-26(20-39)38-34(45)48-35(3,4)5)30(22-6-10-24(36)11-7-22)32(23-8-12-25(37)13-9-23)40(31)17-15-27(41)18-28(42)19-29(43)44/h6-13,21,26-28,41-42H,14-20H2,1-5H3,(H,38,45)(H,43,44)/t26-,27-,28-/m1/s1. The van der Waals surface area contributed by atoms with Gasteiger partial charge in [0, 0.05) is 36.9 Å². The molecule has 11 nitrogen and oxygen atoms in total. The van der Waals surface area contributed by atoms with Crippen LogP contribution >= 0.6 is 0 Å². The number of aliphatic carboxylic acids is 1. The molecule has 2 heterocycles. The Labute approximate surface area is 285 Å². The van der Waals surface area contributed by atoms with Crippen LogP contribution in [0.25, 0.3) is 22.4 Å². The number of halogens is 2. The van der Waals surface area contributed by atoms with Crippen LogP contribution in [-0.4, -0.2) is 81.6 Å². The van der Waals surface area contributed by atoms with Crippen molar-refractivity contribution in [2.24, 2.45) is 0 Å². The second-order valence-corrected chi connectivity index (χ2v) is 15.6. The second-order valence-electron chi connectivity index (χ2n) is 13.7. The molecule has 0 saturated carbocycles. The number of carboxylic acid groups (broad SMARTS) is 1. The van der Waals surface area contributed by atoms with Crippen LogP contribution in [0.2, 0.25) is 0 Å². The van der Waals surface area contributed by atoms with Gasteiger partial charge in [0.2, 0.25) is 10.0 Å². The van der Waals surface area contributed by atoms with Crippen LogP contribution in [0.4, 0.5) is 13.6 Å². The highest BCUT2D eigenvalue weighted by molar-refractivity contribution is 7.89. The van der Waals surface area contributed by atoms with Gasteiger partial charge in [-0.2, -0.15) is 4.31 Å². The van der Waals surface area contributed by atoms with E-state index in [0.29, 0.717) is 28.9 Å². The highest BCUT2D eigenvalue weighted by atomic mass is 32.2. The molecule has 1 fully saturated rings. The van der Waals surface area contributed by atoms with Crippen LogP contribution in [0.3, 0.4) is 0 Å². The predicted molar refractivity (Wildman–Crippen MR) is 179 cm³/mol. The molecule has 3 atom stereocenters. The molecule has 0 bridgehead atoms. The number of aliphatic hydroxyl groups is 2. The molecule has 4 N–H and O–H groups in total. The number of rotatable bonds is 13. The summed E-state index contributed by atoms with van der Waals surface area (Å²) in [6, 6.07) is 10.4. The van der Waals surface area contributed by atoms with Crippen molar-refractivity contribution in [2.45, 2.75) is 102 Å². The number of carboxylic acids is 1. The van der Waals surface area contributed by atoms with Crippen molar-refractivity contribution in [3.63, 3.8) is 0 Å². The number of hydrogen-bond acceptors (Lipinski definition) is 7. The van der Waals surface area contributed by atoms with E-state index in [9.17, 15) is 37.0 Å². The largest absolute Gasteiger partial charge is 0.481 e. The number of aliphatic hydroxyl groups excluding tert-OH is 2. The Kier molecular flexibility index (Phi) is 11.9. The molecule has 0 unspecified atom stereocenters. The predicted octanol–water partition coefficient (Wildman–Crippen LogP) is 5.49. The lowest BCUT2D eigenvalue weighted by Crippen LogP contribution is -2.41. The molecular weight excluding hydrogens is 660 g/mol. The first-order chi connectivity index (χ1) is 22.9. The Morgan fingerprint density at radius 3 is 2.08 bits per heavy atom. The zero-order valence-corrected chi connectivity index (χ0v) is 29.1. The fourth-order valence-electron chi connectivity index (χ4n) is 6.14. The van der Waals surface area contributed by atoms with Crippen LogP contribution in [-0.2, 0) is 26.1 Å². The Bertz CT molecular complexity index is 1740. The van der Waals surface area contributed by atoms with E-state index in [1.807, 2.05) is 13.8 Å². The minimum Gasteiger partial charge on any atom is -0.481 e. The first-order valence-electron chi connectivity index (χ1n) is 16.2. The third-order valence-electron chi connectivity index (χ3n) is 8.16. The number of sulfonamides is 1. The normalized spacial score (nSPS) is 16.9.